The molecule has 158 valence electrons. The summed E-state index contributed by atoms with van der Waals surface area (Å²) in [5.41, 5.74) is 7.52. The van der Waals surface area contributed by atoms with Crippen LogP contribution in [0, 0.1) is 12.8 Å². The van der Waals surface area contributed by atoms with E-state index in [1.54, 1.807) is 9.58 Å². The molecule has 0 unspecified atom stereocenters. The summed E-state index contributed by atoms with van der Waals surface area (Å²) in [4.78, 5) is 14.0. The number of nitrogens with two attached hydrogens (primary N) is 1. The van der Waals surface area contributed by atoms with Crippen LogP contribution < -0.4 is 10.5 Å². The van der Waals surface area contributed by atoms with Crippen molar-refractivity contribution in [1.29, 1.82) is 0 Å². The van der Waals surface area contributed by atoms with E-state index in [1.165, 1.54) is 0 Å². The van der Waals surface area contributed by atoms with Gasteiger partial charge in [0.15, 0.2) is 0 Å². The van der Waals surface area contributed by atoms with Crippen LogP contribution in [0.1, 0.15) is 45.6 Å². The molecule has 7 heteroatoms. The normalized spacial score (nSPS) is 15.4. The number of nitrogens with zero attached hydrogens (tertiary/aromatic N) is 3. The zero-order valence-corrected chi connectivity index (χ0v) is 17.9. The van der Waals surface area contributed by atoms with Crippen molar-refractivity contribution in [3.8, 4) is 11.6 Å². The van der Waals surface area contributed by atoms with Gasteiger partial charge >= 0.3 is 6.09 Å². The number of amides is 1. The fraction of sp³-hybridized carbons (Fsp3) is 0.545. The molecule has 2 N–H and O–H groups in total. The van der Waals surface area contributed by atoms with Crippen LogP contribution in [0.2, 0.25) is 0 Å². The van der Waals surface area contributed by atoms with Gasteiger partial charge in [-0.2, -0.15) is 0 Å². The minimum atomic E-state index is -0.454. The van der Waals surface area contributed by atoms with E-state index in [0.717, 1.165) is 43.6 Å². The first-order chi connectivity index (χ1) is 13.7. The van der Waals surface area contributed by atoms with Crippen LogP contribution >= 0.6 is 0 Å². The van der Waals surface area contributed by atoms with Crippen molar-refractivity contribution in [3.05, 3.63) is 35.9 Å². The van der Waals surface area contributed by atoms with Gasteiger partial charge in [0.25, 0.3) is 0 Å². The monoisotopic (exact) mass is 400 g/mol. The number of aromatic nitrogens is 2. The topological polar surface area (TPSA) is 82.6 Å². The Bertz CT molecular complexity index is 819. The average molecular weight is 401 g/mol. The zero-order valence-electron chi connectivity index (χ0n) is 17.9. The first-order valence-electron chi connectivity index (χ1n) is 10.3. The number of hydrogen-bond donors (Lipinski definition) is 1. The second-order valence-electron chi connectivity index (χ2n) is 8.61. The van der Waals surface area contributed by atoms with Crippen LogP contribution in [0.3, 0.4) is 0 Å². The number of nitrogen functional groups attached to an aromatic ring is 1. The number of carbonyl (C=O) groups excluding carboxylic acids is 1. The molecule has 29 heavy (non-hydrogen) atoms. The van der Waals surface area contributed by atoms with Crippen molar-refractivity contribution in [1.82, 2.24) is 14.7 Å². The largest absolute Gasteiger partial charge is 0.476 e. The molecule has 1 aromatic heterocycles. The number of para-hydroxylation sites is 1. The number of benzene rings is 1. The maximum Gasteiger partial charge on any atom is 0.410 e. The van der Waals surface area contributed by atoms with E-state index in [2.05, 4.69) is 5.10 Å². The SMILES string of the molecule is Cc1c(OCCC2CCN(C(=O)OC(C)(C)C)CC2)nn(-c2ccccc2)c1N. The standard InChI is InChI=1S/C22H32N4O3/c1-16-19(23)26(18-8-6-5-7-9-18)24-20(16)28-15-12-17-10-13-25(14-11-17)21(27)29-22(2,3)4/h5-9,17H,10-15,23H2,1-4H3. The van der Waals surface area contributed by atoms with Crippen LogP contribution in [-0.2, 0) is 4.74 Å². The molecule has 1 aromatic carbocycles. The first kappa shape index (κ1) is 21.0. The Morgan fingerprint density at radius 1 is 1.21 bits per heavy atom. The Morgan fingerprint density at radius 2 is 1.86 bits per heavy atom. The van der Waals surface area contributed by atoms with E-state index in [0.29, 0.717) is 24.2 Å². The highest BCUT2D eigenvalue weighted by Gasteiger charge is 2.27. The summed E-state index contributed by atoms with van der Waals surface area (Å²) in [7, 11) is 0. The van der Waals surface area contributed by atoms with Gasteiger partial charge in [0.2, 0.25) is 5.88 Å². The molecular formula is C22H32N4O3. The molecule has 0 bridgehead atoms. The lowest BCUT2D eigenvalue weighted by atomic mass is 9.94. The van der Waals surface area contributed by atoms with Gasteiger partial charge in [-0.3, -0.25) is 0 Å². The third kappa shape index (κ3) is 5.43. The predicted octanol–water partition coefficient (Wildman–Crippen LogP) is 4.18. The number of ether oxygens (including phenoxy) is 2. The molecule has 7 nitrogen and oxygen atoms in total. The molecule has 0 aliphatic carbocycles. The van der Waals surface area contributed by atoms with Gasteiger partial charge in [-0.05, 0) is 65.0 Å². The highest BCUT2D eigenvalue weighted by molar-refractivity contribution is 5.68. The number of anilines is 1. The lowest BCUT2D eigenvalue weighted by molar-refractivity contribution is 0.0177. The van der Waals surface area contributed by atoms with Gasteiger partial charge in [-0.1, -0.05) is 18.2 Å². The van der Waals surface area contributed by atoms with Gasteiger partial charge in [0.1, 0.15) is 11.4 Å². The maximum atomic E-state index is 12.2. The minimum Gasteiger partial charge on any atom is -0.476 e. The molecule has 1 aliphatic heterocycles. The van der Waals surface area contributed by atoms with Gasteiger partial charge in [0, 0.05) is 13.1 Å². The summed E-state index contributed by atoms with van der Waals surface area (Å²) in [6.45, 7) is 9.65. The molecular weight excluding hydrogens is 368 g/mol. The summed E-state index contributed by atoms with van der Waals surface area (Å²) in [6.07, 6.45) is 2.63. The highest BCUT2D eigenvalue weighted by Crippen LogP contribution is 2.27. The third-order valence-electron chi connectivity index (χ3n) is 5.16. The first-order valence-corrected chi connectivity index (χ1v) is 10.3. The summed E-state index contributed by atoms with van der Waals surface area (Å²) in [6, 6.07) is 9.80. The van der Waals surface area contributed by atoms with Crippen LogP contribution in [0.5, 0.6) is 5.88 Å². The summed E-state index contributed by atoms with van der Waals surface area (Å²) in [5.74, 6) is 1.71. The fourth-order valence-corrected chi connectivity index (χ4v) is 3.44. The molecule has 0 radical (unpaired) electrons. The molecule has 1 amide bonds. The van der Waals surface area contributed by atoms with Crippen LogP contribution in [0.15, 0.2) is 30.3 Å². The second kappa shape index (κ2) is 8.76. The van der Waals surface area contributed by atoms with E-state index in [-0.39, 0.29) is 6.09 Å². The van der Waals surface area contributed by atoms with Gasteiger partial charge in [0.05, 0.1) is 17.9 Å². The third-order valence-corrected chi connectivity index (χ3v) is 5.16. The van der Waals surface area contributed by atoms with Crippen LogP contribution in [0.4, 0.5) is 10.6 Å². The van der Waals surface area contributed by atoms with Crippen molar-refractivity contribution >= 4 is 11.9 Å². The molecule has 2 heterocycles. The van der Waals surface area contributed by atoms with E-state index in [4.69, 9.17) is 15.2 Å². The molecule has 3 rings (SSSR count). The number of piperidine rings is 1. The van der Waals surface area contributed by atoms with E-state index in [9.17, 15) is 4.79 Å². The molecule has 2 aromatic rings. The average Bonchev–Trinajstić information content (AvgIpc) is 2.96. The minimum absolute atomic E-state index is 0.218. The van der Waals surface area contributed by atoms with Crippen LogP contribution in [0.25, 0.3) is 5.69 Å². The number of carbonyl (C=O) groups is 1. The molecule has 0 spiro atoms. The van der Waals surface area contributed by atoms with Crippen molar-refractivity contribution in [3.63, 3.8) is 0 Å². The molecule has 0 atom stereocenters. The van der Waals surface area contributed by atoms with Gasteiger partial charge < -0.3 is 20.1 Å². The second-order valence-corrected chi connectivity index (χ2v) is 8.61. The number of likely N-dealkylation sites (tertiary alicyclic amines) is 1. The Balaban J connectivity index is 1.47. The van der Waals surface area contributed by atoms with Gasteiger partial charge in [-0.15, -0.1) is 5.10 Å². The lowest BCUT2D eigenvalue weighted by Gasteiger charge is -2.33. The van der Waals surface area contributed by atoms with Crippen molar-refractivity contribution in [2.45, 2.75) is 52.6 Å². The van der Waals surface area contributed by atoms with Crippen molar-refractivity contribution in [2.75, 3.05) is 25.4 Å². The smallest absolute Gasteiger partial charge is 0.410 e. The Hall–Kier alpha value is -2.70. The molecule has 1 fully saturated rings. The Morgan fingerprint density at radius 3 is 2.48 bits per heavy atom. The van der Waals surface area contributed by atoms with E-state index >= 15 is 0 Å². The Kier molecular flexibility index (Phi) is 6.35. The van der Waals surface area contributed by atoms with Crippen LogP contribution in [-0.4, -0.2) is 46.1 Å². The number of hydrogen-bond acceptors (Lipinski definition) is 5. The fourth-order valence-electron chi connectivity index (χ4n) is 3.44. The maximum absolute atomic E-state index is 12.2. The molecule has 1 saturated heterocycles. The number of rotatable bonds is 5. The molecule has 0 saturated carbocycles. The highest BCUT2D eigenvalue weighted by atomic mass is 16.6. The summed E-state index contributed by atoms with van der Waals surface area (Å²) >= 11 is 0. The van der Waals surface area contributed by atoms with E-state index < -0.39 is 5.60 Å². The zero-order chi connectivity index (χ0) is 21.0. The quantitative estimate of drug-likeness (QED) is 0.814. The molecule has 1 aliphatic rings. The summed E-state index contributed by atoms with van der Waals surface area (Å²) < 4.78 is 13.1. The summed E-state index contributed by atoms with van der Waals surface area (Å²) in [5, 5.41) is 4.53. The van der Waals surface area contributed by atoms with Crippen molar-refractivity contribution in [2.24, 2.45) is 5.92 Å². The predicted molar refractivity (Wildman–Crippen MR) is 113 cm³/mol. The van der Waals surface area contributed by atoms with E-state index in [1.807, 2.05) is 58.0 Å². The Labute approximate surface area is 172 Å². The van der Waals surface area contributed by atoms with Crippen molar-refractivity contribution < 1.29 is 14.3 Å². The lowest BCUT2D eigenvalue weighted by Crippen LogP contribution is -2.41. The van der Waals surface area contributed by atoms with Gasteiger partial charge in [-0.25, -0.2) is 9.48 Å².